The molecule has 0 saturated heterocycles. The molecule has 0 amide bonds. The second-order valence-electron chi connectivity index (χ2n) is 12.1. The summed E-state index contributed by atoms with van der Waals surface area (Å²) in [6.07, 6.45) is 28.6. The number of unbranched alkanes of at least 4 members (excludes halogenated alkanes) is 18. The molecule has 0 aliphatic carbocycles. The quantitative estimate of drug-likeness (QED) is 0.0484. The minimum atomic E-state index is -4.27. The van der Waals surface area contributed by atoms with E-state index in [1.165, 1.54) is 158 Å². The number of hydrogen-bond donors (Lipinski definition) is 0. The largest absolute Gasteiger partial charge is 0.744 e. The van der Waals surface area contributed by atoms with E-state index in [0.717, 1.165) is 18.0 Å². The number of benzene rings is 1. The molecule has 6 heteroatoms. The third-order valence-electron chi connectivity index (χ3n) is 8.04. The van der Waals surface area contributed by atoms with E-state index < -0.39 is 10.1 Å². The number of alkyl halides is 1. The molecule has 1 aromatic carbocycles. The number of nitrogens with zero attached hydrogens (tertiary/aromatic N) is 1. The Hall–Kier alpha value is -0.620. The lowest BCUT2D eigenvalue weighted by Gasteiger charge is -2.34. The molecule has 0 atom stereocenters. The number of aryl methyl sites for hydroxylation is 1. The highest BCUT2D eigenvalue weighted by Gasteiger charge is 2.19. The van der Waals surface area contributed by atoms with Crippen molar-refractivity contribution in [3.63, 3.8) is 0 Å². The summed E-state index contributed by atoms with van der Waals surface area (Å²) in [7, 11) is -1.82. The average Bonchev–Trinajstić information content (AvgIpc) is 2.91. The van der Waals surface area contributed by atoms with Gasteiger partial charge >= 0.3 is 0 Å². The number of quaternary nitrogens is 1. The Bertz CT molecular complexity index is 759. The molecular formula is C34H64ClNO3S. The maximum absolute atomic E-state index is 10.4. The Morgan fingerprint density at radius 1 is 0.600 bits per heavy atom. The van der Waals surface area contributed by atoms with Crippen molar-refractivity contribution in [1.82, 2.24) is 0 Å². The number of rotatable bonds is 25. The van der Waals surface area contributed by atoms with Gasteiger partial charge in [0.05, 0.1) is 37.5 Å². The minimum absolute atomic E-state index is 0.178. The van der Waals surface area contributed by atoms with Gasteiger partial charge < -0.3 is 9.04 Å². The molecule has 0 aromatic heterocycles. The average molecular weight is 602 g/mol. The van der Waals surface area contributed by atoms with Gasteiger partial charge in [0.25, 0.3) is 0 Å². The van der Waals surface area contributed by atoms with Gasteiger partial charge in [-0.25, -0.2) is 8.42 Å². The molecule has 4 nitrogen and oxygen atoms in total. The molecule has 236 valence electrons. The summed E-state index contributed by atoms with van der Waals surface area (Å²) < 4.78 is 32.4. The van der Waals surface area contributed by atoms with Crippen molar-refractivity contribution in [1.29, 1.82) is 0 Å². The first-order valence-electron chi connectivity index (χ1n) is 16.6. The van der Waals surface area contributed by atoms with Gasteiger partial charge in [-0.2, -0.15) is 0 Å². The molecule has 0 saturated carbocycles. The van der Waals surface area contributed by atoms with Crippen LogP contribution in [0.2, 0.25) is 0 Å². The van der Waals surface area contributed by atoms with Crippen LogP contribution in [0, 0.1) is 6.92 Å². The lowest BCUT2D eigenvalue weighted by Crippen LogP contribution is -2.47. The zero-order valence-corrected chi connectivity index (χ0v) is 28.3. The fourth-order valence-corrected chi connectivity index (χ4v) is 6.08. The number of hydrogen-bond acceptors (Lipinski definition) is 3. The van der Waals surface area contributed by atoms with E-state index in [4.69, 9.17) is 11.6 Å². The fraction of sp³-hybridized carbons (Fsp3) is 0.824. The molecule has 0 heterocycles. The first kappa shape index (κ1) is 39.4. The Kier molecular flexibility index (Phi) is 25.6. The number of halogens is 1. The monoisotopic (exact) mass is 601 g/mol. The van der Waals surface area contributed by atoms with Gasteiger partial charge in [-0.15, -0.1) is 11.6 Å². The van der Waals surface area contributed by atoms with Gasteiger partial charge in [-0.1, -0.05) is 134 Å². The summed E-state index contributed by atoms with van der Waals surface area (Å²) in [6.45, 7) is 10.2. The molecule has 0 radical (unpaired) electrons. The van der Waals surface area contributed by atoms with Gasteiger partial charge in [0.2, 0.25) is 0 Å². The second kappa shape index (κ2) is 26.0. The van der Waals surface area contributed by atoms with E-state index in [1.54, 1.807) is 12.1 Å². The Labute approximate surface area is 255 Å². The first-order chi connectivity index (χ1) is 19.2. The smallest absolute Gasteiger partial charge is 0.124 e. The zero-order chi connectivity index (χ0) is 30.0. The maximum atomic E-state index is 10.4. The van der Waals surface area contributed by atoms with Gasteiger partial charge in [-0.3, -0.25) is 0 Å². The van der Waals surface area contributed by atoms with Crippen LogP contribution in [0.15, 0.2) is 29.2 Å². The van der Waals surface area contributed by atoms with E-state index >= 15 is 0 Å². The van der Waals surface area contributed by atoms with Crippen molar-refractivity contribution in [2.75, 3.05) is 32.6 Å². The normalized spacial score (nSPS) is 11.8. The molecule has 0 bridgehead atoms. The summed E-state index contributed by atoms with van der Waals surface area (Å²) in [5.41, 5.74) is 0.928. The lowest BCUT2D eigenvalue weighted by molar-refractivity contribution is -0.907. The minimum Gasteiger partial charge on any atom is -0.744 e. The highest BCUT2D eigenvalue weighted by molar-refractivity contribution is 7.85. The summed E-state index contributed by atoms with van der Waals surface area (Å²) in [6, 6.07) is 5.78. The van der Waals surface area contributed by atoms with Crippen LogP contribution in [-0.2, 0) is 10.1 Å². The van der Waals surface area contributed by atoms with Gasteiger partial charge in [-0.05, 0) is 44.7 Å². The van der Waals surface area contributed by atoms with Crippen molar-refractivity contribution >= 4 is 21.7 Å². The molecule has 0 unspecified atom stereocenters. The van der Waals surface area contributed by atoms with Crippen molar-refractivity contribution < 1.29 is 17.5 Å². The van der Waals surface area contributed by atoms with E-state index in [-0.39, 0.29) is 4.90 Å². The highest BCUT2D eigenvalue weighted by atomic mass is 35.5. The zero-order valence-electron chi connectivity index (χ0n) is 26.7. The van der Waals surface area contributed by atoms with Gasteiger partial charge in [0.1, 0.15) is 10.1 Å². The SMILES string of the molecule is CCCCCCCCCCCC[N+](C)(CCCl)CCCCCCCCCCCC.Cc1ccc(S(=O)(=O)[O-])cc1. The summed E-state index contributed by atoms with van der Waals surface area (Å²) in [4.78, 5) is -0.178. The molecule has 0 fully saturated rings. The van der Waals surface area contributed by atoms with Crippen LogP contribution in [0.25, 0.3) is 0 Å². The Morgan fingerprint density at radius 2 is 0.925 bits per heavy atom. The van der Waals surface area contributed by atoms with E-state index in [0.29, 0.717) is 0 Å². The third-order valence-corrected chi connectivity index (χ3v) is 9.06. The lowest BCUT2D eigenvalue weighted by atomic mass is 10.1. The van der Waals surface area contributed by atoms with E-state index in [9.17, 15) is 13.0 Å². The van der Waals surface area contributed by atoms with Crippen molar-refractivity contribution in [3.05, 3.63) is 29.8 Å². The van der Waals surface area contributed by atoms with Gasteiger partial charge in [0.15, 0.2) is 0 Å². The standard InChI is InChI=1S/C27H57ClN.C7H8O3S/c1-4-6-8-10-12-14-16-18-20-22-25-29(3,27-24-28)26-23-21-19-17-15-13-11-9-7-5-2;1-6-2-4-7(5-3-6)11(8,9)10/h4-27H2,1-3H3;2-5H,1H3,(H,8,9,10)/q+1;/p-1. The van der Waals surface area contributed by atoms with Crippen LogP contribution in [-0.4, -0.2) is 50.0 Å². The maximum Gasteiger partial charge on any atom is 0.124 e. The molecule has 1 rings (SSSR count). The van der Waals surface area contributed by atoms with Crippen molar-refractivity contribution in [3.8, 4) is 0 Å². The molecular weight excluding hydrogens is 538 g/mol. The van der Waals surface area contributed by atoms with E-state index in [2.05, 4.69) is 20.9 Å². The van der Waals surface area contributed by atoms with Crippen LogP contribution in [0.4, 0.5) is 0 Å². The van der Waals surface area contributed by atoms with Gasteiger partial charge in [0, 0.05) is 0 Å². The van der Waals surface area contributed by atoms with Crippen LogP contribution in [0.5, 0.6) is 0 Å². The van der Waals surface area contributed by atoms with E-state index in [1.807, 2.05) is 6.92 Å². The predicted molar refractivity (Wildman–Crippen MR) is 174 cm³/mol. The summed E-state index contributed by atoms with van der Waals surface area (Å²) >= 11 is 6.14. The topological polar surface area (TPSA) is 57.2 Å². The first-order valence-corrected chi connectivity index (χ1v) is 18.5. The Balaban J connectivity index is 0.00000114. The highest BCUT2D eigenvalue weighted by Crippen LogP contribution is 2.16. The van der Waals surface area contributed by atoms with Crippen LogP contribution in [0.1, 0.15) is 148 Å². The molecule has 40 heavy (non-hydrogen) atoms. The second-order valence-corrected chi connectivity index (χ2v) is 13.9. The fourth-order valence-electron chi connectivity index (χ4n) is 5.21. The summed E-state index contributed by atoms with van der Waals surface area (Å²) in [5, 5.41) is 0. The molecule has 0 spiro atoms. The predicted octanol–water partition coefficient (Wildman–Crippen LogP) is 10.4. The molecule has 0 aliphatic heterocycles. The third kappa shape index (κ3) is 24.0. The van der Waals surface area contributed by atoms with Crippen molar-refractivity contribution in [2.24, 2.45) is 0 Å². The molecule has 1 aromatic rings. The Morgan fingerprint density at radius 3 is 1.23 bits per heavy atom. The van der Waals surface area contributed by atoms with Crippen LogP contribution in [0.3, 0.4) is 0 Å². The molecule has 0 N–H and O–H groups in total. The van der Waals surface area contributed by atoms with Crippen LogP contribution >= 0.6 is 11.6 Å². The summed E-state index contributed by atoms with van der Waals surface area (Å²) in [5.74, 6) is 0.812. The van der Waals surface area contributed by atoms with Crippen LogP contribution < -0.4 is 0 Å². The molecule has 0 aliphatic rings. The van der Waals surface area contributed by atoms with Crippen molar-refractivity contribution in [2.45, 2.75) is 154 Å².